The van der Waals surface area contributed by atoms with Gasteiger partial charge in [0.2, 0.25) is 0 Å². The van der Waals surface area contributed by atoms with Gasteiger partial charge in [-0.3, -0.25) is 0 Å². The average molecular weight is 297 g/mol. The zero-order valence-electron chi connectivity index (χ0n) is 12.8. The van der Waals surface area contributed by atoms with E-state index in [1.165, 1.54) is 0 Å². The molecule has 0 aromatic heterocycles. The molecule has 5 heteroatoms. The quantitative estimate of drug-likeness (QED) is 0.782. The molecule has 1 aliphatic carbocycles. The fourth-order valence-corrected chi connectivity index (χ4v) is 3.78. The number of hydrogen-bond acceptors (Lipinski definition) is 5. The number of ether oxygens (including phenoxy) is 2. The van der Waals surface area contributed by atoms with Crippen molar-refractivity contribution in [1.82, 2.24) is 4.90 Å². The highest BCUT2D eigenvalue weighted by molar-refractivity contribution is 5.34. The molecular weight excluding hydrogens is 278 g/mol. The molecule has 0 saturated carbocycles. The number of allylic oxidation sites excluding steroid dienone is 2. The summed E-state index contributed by atoms with van der Waals surface area (Å²) < 4.78 is 10.8. The molecule has 114 valence electrons. The predicted octanol–water partition coefficient (Wildman–Crippen LogP) is 2.32. The van der Waals surface area contributed by atoms with Crippen molar-refractivity contribution in [2.75, 3.05) is 20.8 Å². The lowest BCUT2D eigenvalue weighted by molar-refractivity contribution is 0.0986. The molecule has 1 saturated heterocycles. The van der Waals surface area contributed by atoms with E-state index in [2.05, 4.69) is 29.2 Å². The van der Waals surface area contributed by atoms with Gasteiger partial charge in [-0.1, -0.05) is 0 Å². The Labute approximate surface area is 130 Å². The number of methoxy groups -OCH3 is 2. The van der Waals surface area contributed by atoms with Crippen molar-refractivity contribution in [3.8, 4) is 12.1 Å². The highest BCUT2D eigenvalue weighted by atomic mass is 16.5. The topological polar surface area (TPSA) is 69.3 Å². The Morgan fingerprint density at radius 2 is 1.91 bits per heavy atom. The van der Waals surface area contributed by atoms with Crippen LogP contribution in [0.2, 0.25) is 0 Å². The van der Waals surface area contributed by atoms with Gasteiger partial charge < -0.3 is 14.4 Å². The molecule has 1 fully saturated rings. The molecule has 5 nitrogen and oxygen atoms in total. The van der Waals surface area contributed by atoms with Gasteiger partial charge in [0.15, 0.2) is 11.5 Å². The minimum atomic E-state index is -0.308. The molecule has 0 amide bonds. The number of nitriles is 2. The lowest BCUT2D eigenvalue weighted by atomic mass is 9.72. The second-order valence-corrected chi connectivity index (χ2v) is 5.92. The first kappa shape index (κ1) is 14.5. The van der Waals surface area contributed by atoms with E-state index in [0.717, 1.165) is 24.5 Å². The van der Waals surface area contributed by atoms with Crippen LogP contribution in [0, 0.1) is 40.4 Å². The predicted molar refractivity (Wildman–Crippen MR) is 79.7 cm³/mol. The Hall–Kier alpha value is -2.40. The van der Waals surface area contributed by atoms with E-state index in [-0.39, 0.29) is 17.9 Å². The Morgan fingerprint density at radius 3 is 2.55 bits per heavy atom. The Kier molecular flexibility index (Phi) is 3.81. The van der Waals surface area contributed by atoms with Crippen LogP contribution in [0.25, 0.3) is 0 Å². The van der Waals surface area contributed by atoms with Crippen molar-refractivity contribution in [1.29, 1.82) is 10.5 Å². The van der Waals surface area contributed by atoms with E-state index in [1.807, 2.05) is 6.20 Å². The standard InChI is InChI=1S/C17H19N3O2/c1-21-16-6-11-3-4-20-10-13(9-19)12(8-18)5-15(20)14(11)7-17(16)22-2/h6-7,10-12,14-15H,3-5H2,1-2H3. The summed E-state index contributed by atoms with van der Waals surface area (Å²) in [6, 6.07) is 4.68. The van der Waals surface area contributed by atoms with Crippen LogP contribution in [0.15, 0.2) is 35.4 Å². The summed E-state index contributed by atoms with van der Waals surface area (Å²) in [6.45, 7) is 0.902. The van der Waals surface area contributed by atoms with Crippen molar-refractivity contribution < 1.29 is 9.47 Å². The van der Waals surface area contributed by atoms with E-state index < -0.39 is 0 Å². The zero-order valence-corrected chi connectivity index (χ0v) is 12.8. The second kappa shape index (κ2) is 5.77. The summed E-state index contributed by atoms with van der Waals surface area (Å²) in [5.41, 5.74) is 0.581. The third kappa shape index (κ3) is 2.23. The maximum atomic E-state index is 9.32. The van der Waals surface area contributed by atoms with Crippen LogP contribution in [0.5, 0.6) is 0 Å². The van der Waals surface area contributed by atoms with Gasteiger partial charge in [-0.05, 0) is 30.9 Å². The first-order valence-corrected chi connectivity index (χ1v) is 7.51. The van der Waals surface area contributed by atoms with Gasteiger partial charge in [0.25, 0.3) is 0 Å². The summed E-state index contributed by atoms with van der Waals surface area (Å²) in [4.78, 5) is 2.23. The summed E-state index contributed by atoms with van der Waals surface area (Å²) in [6.07, 6.45) is 7.86. The maximum Gasteiger partial charge on any atom is 0.156 e. The largest absolute Gasteiger partial charge is 0.493 e. The molecule has 3 aliphatic rings. The summed E-state index contributed by atoms with van der Waals surface area (Å²) in [7, 11) is 3.30. The van der Waals surface area contributed by atoms with E-state index in [1.54, 1.807) is 14.2 Å². The molecule has 3 rings (SSSR count). The van der Waals surface area contributed by atoms with Crippen molar-refractivity contribution in [3.63, 3.8) is 0 Å². The Morgan fingerprint density at radius 1 is 1.18 bits per heavy atom. The minimum absolute atomic E-state index is 0.236. The van der Waals surface area contributed by atoms with E-state index in [4.69, 9.17) is 9.47 Å². The van der Waals surface area contributed by atoms with Crippen LogP contribution < -0.4 is 0 Å². The molecule has 2 heterocycles. The molecule has 0 N–H and O–H groups in total. The summed E-state index contributed by atoms with van der Waals surface area (Å²) >= 11 is 0. The van der Waals surface area contributed by atoms with Crippen molar-refractivity contribution in [2.24, 2.45) is 17.8 Å². The molecule has 0 spiro atoms. The van der Waals surface area contributed by atoms with Gasteiger partial charge in [0.1, 0.15) is 0 Å². The normalized spacial score (nSPS) is 33.1. The van der Waals surface area contributed by atoms with Crippen LogP contribution in [0.4, 0.5) is 0 Å². The van der Waals surface area contributed by atoms with Crippen LogP contribution in [0.3, 0.4) is 0 Å². The number of hydrogen-bond donors (Lipinski definition) is 0. The Balaban J connectivity index is 1.93. The van der Waals surface area contributed by atoms with Crippen molar-refractivity contribution in [2.45, 2.75) is 18.9 Å². The molecule has 0 bridgehead atoms. The van der Waals surface area contributed by atoms with Gasteiger partial charge in [-0.15, -0.1) is 0 Å². The van der Waals surface area contributed by atoms with Gasteiger partial charge in [-0.25, -0.2) is 0 Å². The third-order valence-electron chi connectivity index (χ3n) is 4.92. The summed E-state index contributed by atoms with van der Waals surface area (Å²) in [5, 5.41) is 18.5. The molecule has 4 atom stereocenters. The van der Waals surface area contributed by atoms with Crippen molar-refractivity contribution in [3.05, 3.63) is 35.4 Å². The van der Waals surface area contributed by atoms with Crippen LogP contribution >= 0.6 is 0 Å². The molecule has 2 aliphatic heterocycles. The Bertz CT molecular complexity index is 635. The lowest BCUT2D eigenvalue weighted by Crippen LogP contribution is -2.49. The van der Waals surface area contributed by atoms with Crippen LogP contribution in [0.1, 0.15) is 12.8 Å². The van der Waals surface area contributed by atoms with E-state index in [9.17, 15) is 10.5 Å². The monoisotopic (exact) mass is 297 g/mol. The summed E-state index contributed by atoms with van der Waals surface area (Å²) in [5.74, 6) is 1.92. The van der Waals surface area contributed by atoms with Crippen molar-refractivity contribution >= 4 is 0 Å². The molecule has 22 heavy (non-hydrogen) atoms. The maximum absolute atomic E-state index is 9.32. The lowest BCUT2D eigenvalue weighted by Gasteiger charge is -2.47. The first-order valence-electron chi connectivity index (χ1n) is 7.51. The molecule has 4 unspecified atom stereocenters. The second-order valence-electron chi connectivity index (χ2n) is 5.92. The van der Waals surface area contributed by atoms with E-state index >= 15 is 0 Å². The van der Waals surface area contributed by atoms with Crippen LogP contribution in [-0.4, -0.2) is 31.7 Å². The van der Waals surface area contributed by atoms with Crippen LogP contribution in [-0.2, 0) is 9.47 Å². The van der Waals surface area contributed by atoms with Gasteiger partial charge in [0.05, 0.1) is 37.8 Å². The fourth-order valence-electron chi connectivity index (χ4n) is 3.78. The number of nitrogens with zero attached hydrogens (tertiary/aromatic N) is 3. The minimum Gasteiger partial charge on any atom is -0.493 e. The van der Waals surface area contributed by atoms with Gasteiger partial charge in [-0.2, -0.15) is 10.5 Å². The van der Waals surface area contributed by atoms with E-state index in [0.29, 0.717) is 17.9 Å². The van der Waals surface area contributed by atoms with Gasteiger partial charge in [0, 0.05) is 24.7 Å². The van der Waals surface area contributed by atoms with Gasteiger partial charge >= 0.3 is 0 Å². The molecular formula is C17H19N3O2. The molecule has 0 aromatic rings. The highest BCUT2D eigenvalue weighted by Gasteiger charge is 2.42. The SMILES string of the molecule is COC1=CC2CCN3C=C(C#N)C(C#N)CC3C2C=C1OC. The number of rotatable bonds is 2. The molecule has 0 radical (unpaired) electrons. The average Bonchev–Trinajstić information content (AvgIpc) is 2.58. The zero-order chi connectivity index (χ0) is 15.7. The number of piperidine rings is 1. The first-order chi connectivity index (χ1) is 10.7. The highest BCUT2D eigenvalue weighted by Crippen LogP contribution is 2.42. The smallest absolute Gasteiger partial charge is 0.156 e. The number of fused-ring (bicyclic) bond motifs is 3. The fraction of sp³-hybridized carbons (Fsp3) is 0.529. The third-order valence-corrected chi connectivity index (χ3v) is 4.92. The molecule has 0 aromatic carbocycles.